The van der Waals surface area contributed by atoms with Crippen molar-refractivity contribution >= 4 is 16.8 Å². The van der Waals surface area contributed by atoms with E-state index in [-0.39, 0.29) is 11.9 Å². The van der Waals surface area contributed by atoms with Crippen LogP contribution in [0.5, 0.6) is 0 Å². The van der Waals surface area contributed by atoms with E-state index >= 15 is 0 Å². The molecule has 22 heavy (non-hydrogen) atoms. The van der Waals surface area contributed by atoms with Crippen molar-refractivity contribution in [3.05, 3.63) is 59.2 Å². The number of furan rings is 1. The first-order chi connectivity index (χ1) is 10.5. The summed E-state index contributed by atoms with van der Waals surface area (Å²) in [6, 6.07) is 9.72. The number of aromatic nitrogens is 1. The van der Waals surface area contributed by atoms with Gasteiger partial charge in [-0.05, 0) is 56.2 Å². The molecule has 0 aliphatic rings. The second-order valence-electron chi connectivity index (χ2n) is 5.83. The van der Waals surface area contributed by atoms with E-state index in [1.165, 1.54) is 11.1 Å². The molecule has 2 aromatic heterocycles. The number of benzene rings is 1. The van der Waals surface area contributed by atoms with E-state index in [1.807, 2.05) is 25.1 Å². The summed E-state index contributed by atoms with van der Waals surface area (Å²) in [5.74, 6) is 0.733. The van der Waals surface area contributed by atoms with Crippen LogP contribution in [0.25, 0.3) is 10.9 Å². The third-order valence-corrected chi connectivity index (χ3v) is 4.18. The maximum absolute atomic E-state index is 12.7. The number of rotatable bonds is 3. The molecule has 0 radical (unpaired) electrons. The lowest BCUT2D eigenvalue weighted by Gasteiger charge is -2.22. The molecule has 4 nitrogen and oxygen atoms in total. The first-order valence-corrected chi connectivity index (χ1v) is 7.38. The molecule has 1 aromatic carbocycles. The van der Waals surface area contributed by atoms with Gasteiger partial charge in [-0.25, -0.2) is 0 Å². The normalized spacial score (nSPS) is 12.5. The minimum absolute atomic E-state index is 0.0443. The predicted molar refractivity (Wildman–Crippen MR) is 87.0 cm³/mol. The van der Waals surface area contributed by atoms with Crippen LogP contribution >= 0.6 is 0 Å². The Kier molecular flexibility index (Phi) is 3.53. The van der Waals surface area contributed by atoms with Crippen molar-refractivity contribution in [2.45, 2.75) is 26.8 Å². The Morgan fingerprint density at radius 2 is 2.05 bits per heavy atom. The average molecular weight is 296 g/mol. The Morgan fingerprint density at radius 1 is 1.27 bits per heavy atom. The molecule has 1 atom stereocenters. The number of hydrogen-bond acceptors (Lipinski definition) is 2. The lowest BCUT2D eigenvalue weighted by molar-refractivity contribution is 0.0721. The van der Waals surface area contributed by atoms with Crippen molar-refractivity contribution in [2.24, 2.45) is 0 Å². The summed E-state index contributed by atoms with van der Waals surface area (Å²) in [7, 11) is 1.79. The number of nitrogens with one attached hydrogen (secondary N) is 1. The van der Waals surface area contributed by atoms with Crippen molar-refractivity contribution in [2.75, 3.05) is 7.05 Å². The molecule has 0 spiro atoms. The fraction of sp³-hybridized carbons (Fsp3) is 0.278. The Bertz CT molecular complexity index is 815. The monoisotopic (exact) mass is 296 g/mol. The lowest BCUT2D eigenvalue weighted by atomic mass is 10.1. The molecule has 1 amide bonds. The van der Waals surface area contributed by atoms with Crippen molar-refractivity contribution in [1.82, 2.24) is 9.88 Å². The Balaban J connectivity index is 1.93. The minimum atomic E-state index is -0.114. The maximum atomic E-state index is 12.7. The van der Waals surface area contributed by atoms with Gasteiger partial charge in [0.25, 0.3) is 5.91 Å². The number of nitrogens with zero attached hydrogens (tertiary/aromatic N) is 1. The van der Waals surface area contributed by atoms with Crippen LogP contribution < -0.4 is 0 Å². The molecule has 3 aromatic rings. The van der Waals surface area contributed by atoms with Gasteiger partial charge in [-0.2, -0.15) is 0 Å². The first kappa shape index (κ1) is 14.4. The van der Waals surface area contributed by atoms with Crippen LogP contribution in [0.1, 0.15) is 40.3 Å². The molecule has 2 heterocycles. The molecule has 0 aliphatic heterocycles. The first-order valence-electron chi connectivity index (χ1n) is 7.38. The third kappa shape index (κ3) is 2.41. The van der Waals surface area contributed by atoms with Gasteiger partial charge < -0.3 is 14.3 Å². The SMILES string of the molecule is Cc1cc(C)c2cc(C(=O)N(C)C(C)c3ccco3)[nH]c2c1. The lowest BCUT2D eigenvalue weighted by Crippen LogP contribution is -2.29. The highest BCUT2D eigenvalue weighted by atomic mass is 16.3. The number of aryl methyl sites for hydroxylation is 2. The molecule has 0 fully saturated rings. The number of amides is 1. The summed E-state index contributed by atoms with van der Waals surface area (Å²) in [6.45, 7) is 6.07. The number of H-pyrrole nitrogens is 1. The predicted octanol–water partition coefficient (Wildman–Crippen LogP) is 4.21. The molecule has 0 saturated carbocycles. The summed E-state index contributed by atoms with van der Waals surface area (Å²) in [5.41, 5.74) is 3.96. The van der Waals surface area contributed by atoms with Gasteiger partial charge >= 0.3 is 0 Å². The van der Waals surface area contributed by atoms with Gasteiger partial charge in [0.2, 0.25) is 0 Å². The van der Waals surface area contributed by atoms with Crippen LogP contribution in [0, 0.1) is 13.8 Å². The van der Waals surface area contributed by atoms with Crippen molar-refractivity contribution in [3.8, 4) is 0 Å². The quantitative estimate of drug-likeness (QED) is 0.787. The molecule has 0 aliphatic carbocycles. The van der Waals surface area contributed by atoms with Crippen LogP contribution in [-0.2, 0) is 0 Å². The van der Waals surface area contributed by atoms with E-state index < -0.39 is 0 Å². The summed E-state index contributed by atoms with van der Waals surface area (Å²) >= 11 is 0. The highest BCUT2D eigenvalue weighted by Crippen LogP contribution is 2.25. The molecule has 4 heteroatoms. The highest BCUT2D eigenvalue weighted by Gasteiger charge is 2.22. The van der Waals surface area contributed by atoms with Gasteiger partial charge in [-0.15, -0.1) is 0 Å². The summed E-state index contributed by atoms with van der Waals surface area (Å²) in [6.07, 6.45) is 1.62. The molecular formula is C18H20N2O2. The van der Waals surface area contributed by atoms with Crippen molar-refractivity contribution in [3.63, 3.8) is 0 Å². The maximum Gasteiger partial charge on any atom is 0.270 e. The Morgan fingerprint density at radius 3 is 2.73 bits per heavy atom. The van der Waals surface area contributed by atoms with Gasteiger partial charge in [-0.1, -0.05) is 6.07 Å². The fourth-order valence-electron chi connectivity index (χ4n) is 2.80. The zero-order chi connectivity index (χ0) is 15.9. The van der Waals surface area contributed by atoms with Crippen LogP contribution in [0.15, 0.2) is 41.0 Å². The van der Waals surface area contributed by atoms with Crippen LogP contribution in [-0.4, -0.2) is 22.8 Å². The van der Waals surface area contributed by atoms with E-state index in [0.717, 1.165) is 16.7 Å². The molecule has 3 rings (SSSR count). The van der Waals surface area contributed by atoms with Gasteiger partial charge in [-0.3, -0.25) is 4.79 Å². The zero-order valence-corrected chi connectivity index (χ0v) is 13.3. The second kappa shape index (κ2) is 5.37. The van der Waals surface area contributed by atoms with Crippen molar-refractivity contribution < 1.29 is 9.21 Å². The number of hydrogen-bond donors (Lipinski definition) is 1. The molecule has 1 unspecified atom stereocenters. The molecule has 114 valence electrons. The fourth-order valence-corrected chi connectivity index (χ4v) is 2.80. The number of carbonyl (C=O) groups is 1. The van der Waals surface area contributed by atoms with E-state index in [4.69, 9.17) is 4.42 Å². The van der Waals surface area contributed by atoms with E-state index in [0.29, 0.717) is 5.69 Å². The second-order valence-corrected chi connectivity index (χ2v) is 5.83. The zero-order valence-electron chi connectivity index (χ0n) is 13.3. The van der Waals surface area contributed by atoms with E-state index in [1.54, 1.807) is 18.2 Å². The van der Waals surface area contributed by atoms with Crippen LogP contribution in [0.3, 0.4) is 0 Å². The number of carbonyl (C=O) groups excluding carboxylic acids is 1. The number of fused-ring (bicyclic) bond motifs is 1. The van der Waals surface area contributed by atoms with Crippen LogP contribution in [0.2, 0.25) is 0 Å². The molecule has 1 N–H and O–H groups in total. The third-order valence-electron chi connectivity index (χ3n) is 4.18. The Hall–Kier alpha value is -2.49. The highest BCUT2D eigenvalue weighted by molar-refractivity contribution is 5.99. The van der Waals surface area contributed by atoms with Crippen LogP contribution in [0.4, 0.5) is 0 Å². The van der Waals surface area contributed by atoms with Gasteiger partial charge in [0.15, 0.2) is 0 Å². The smallest absolute Gasteiger partial charge is 0.270 e. The molecule has 0 bridgehead atoms. The van der Waals surface area contributed by atoms with Gasteiger partial charge in [0.1, 0.15) is 11.5 Å². The molecule has 0 saturated heterocycles. The summed E-state index contributed by atoms with van der Waals surface area (Å²) < 4.78 is 5.39. The van der Waals surface area contributed by atoms with E-state index in [9.17, 15) is 4.79 Å². The standard InChI is InChI=1S/C18H20N2O2/c1-11-8-12(2)14-10-16(19-15(14)9-11)18(21)20(4)13(3)17-6-5-7-22-17/h5-10,13,19H,1-4H3. The largest absolute Gasteiger partial charge is 0.467 e. The average Bonchev–Trinajstić information content (AvgIpc) is 3.13. The minimum Gasteiger partial charge on any atom is -0.467 e. The van der Waals surface area contributed by atoms with Gasteiger partial charge in [0, 0.05) is 18.0 Å². The van der Waals surface area contributed by atoms with Crippen molar-refractivity contribution in [1.29, 1.82) is 0 Å². The number of aromatic amines is 1. The Labute approximate surface area is 129 Å². The summed E-state index contributed by atoms with van der Waals surface area (Å²) in [5, 5.41) is 1.09. The molecular weight excluding hydrogens is 276 g/mol. The van der Waals surface area contributed by atoms with Gasteiger partial charge in [0.05, 0.1) is 12.3 Å². The summed E-state index contributed by atoms with van der Waals surface area (Å²) in [4.78, 5) is 17.6. The van der Waals surface area contributed by atoms with E-state index in [2.05, 4.69) is 31.0 Å². The topological polar surface area (TPSA) is 49.2 Å².